The van der Waals surface area contributed by atoms with Crippen LogP contribution in [0.25, 0.3) is 0 Å². The van der Waals surface area contributed by atoms with Crippen molar-refractivity contribution in [1.82, 2.24) is 5.32 Å². The van der Waals surface area contributed by atoms with Crippen molar-refractivity contribution in [2.75, 3.05) is 5.32 Å². The van der Waals surface area contributed by atoms with Gasteiger partial charge in [-0.3, -0.25) is 0 Å². The third-order valence-corrected chi connectivity index (χ3v) is 3.25. The van der Waals surface area contributed by atoms with Gasteiger partial charge in [-0.05, 0) is 42.9 Å². The topological polar surface area (TPSA) is 24.1 Å². The molecular formula is C15H14ClFN2S. The van der Waals surface area contributed by atoms with Gasteiger partial charge >= 0.3 is 0 Å². The van der Waals surface area contributed by atoms with E-state index in [0.717, 1.165) is 5.56 Å². The maximum atomic E-state index is 13.0. The first-order valence-corrected chi connectivity index (χ1v) is 6.88. The molecule has 0 radical (unpaired) electrons. The number of benzene rings is 2. The standard InChI is InChI=1S/C15H14ClFN2S/c1-10-3-2-4-11(7-10)9-18-15(20)19-12-5-6-14(17)13(16)8-12/h2-8H,9H2,1H3,(H2,18,19,20). The van der Waals surface area contributed by atoms with E-state index in [4.69, 9.17) is 23.8 Å². The molecule has 2 nitrogen and oxygen atoms in total. The molecule has 0 amide bonds. The molecule has 2 N–H and O–H groups in total. The number of thiocarbonyl (C=S) groups is 1. The second-order valence-corrected chi connectivity index (χ2v) is 5.24. The molecule has 2 rings (SSSR count). The molecule has 20 heavy (non-hydrogen) atoms. The van der Waals surface area contributed by atoms with Crippen molar-refractivity contribution in [3.63, 3.8) is 0 Å². The van der Waals surface area contributed by atoms with Crippen LogP contribution in [0.1, 0.15) is 11.1 Å². The third kappa shape index (κ3) is 4.18. The van der Waals surface area contributed by atoms with Crippen molar-refractivity contribution < 1.29 is 4.39 Å². The van der Waals surface area contributed by atoms with Crippen LogP contribution in [0, 0.1) is 12.7 Å². The number of nitrogens with one attached hydrogen (secondary N) is 2. The highest BCUT2D eigenvalue weighted by Gasteiger charge is 2.02. The first-order valence-electron chi connectivity index (χ1n) is 6.10. The molecule has 0 aliphatic carbocycles. The van der Waals surface area contributed by atoms with Gasteiger partial charge in [-0.1, -0.05) is 41.4 Å². The fraction of sp³-hybridized carbons (Fsp3) is 0.133. The smallest absolute Gasteiger partial charge is 0.171 e. The second-order valence-electron chi connectivity index (χ2n) is 4.43. The molecule has 0 atom stereocenters. The van der Waals surface area contributed by atoms with E-state index in [-0.39, 0.29) is 5.02 Å². The molecule has 2 aromatic rings. The van der Waals surface area contributed by atoms with Gasteiger partial charge in [-0.15, -0.1) is 0 Å². The highest BCUT2D eigenvalue weighted by atomic mass is 35.5. The van der Waals surface area contributed by atoms with E-state index in [1.165, 1.54) is 17.7 Å². The van der Waals surface area contributed by atoms with Crippen LogP contribution in [0.3, 0.4) is 0 Å². The largest absolute Gasteiger partial charge is 0.358 e. The Morgan fingerprint density at radius 2 is 2.05 bits per heavy atom. The van der Waals surface area contributed by atoms with E-state index in [9.17, 15) is 4.39 Å². The van der Waals surface area contributed by atoms with E-state index >= 15 is 0 Å². The number of anilines is 1. The molecule has 0 spiro atoms. The molecule has 104 valence electrons. The normalized spacial score (nSPS) is 10.2. The van der Waals surface area contributed by atoms with Gasteiger partial charge in [0.05, 0.1) is 5.02 Å². The zero-order chi connectivity index (χ0) is 14.5. The van der Waals surface area contributed by atoms with Crippen LogP contribution in [0.2, 0.25) is 5.02 Å². The van der Waals surface area contributed by atoms with Crippen molar-refractivity contribution in [3.05, 3.63) is 64.4 Å². The predicted octanol–water partition coefficient (Wildman–Crippen LogP) is 4.27. The number of hydrogen-bond donors (Lipinski definition) is 2. The van der Waals surface area contributed by atoms with Crippen LogP contribution in [-0.4, -0.2) is 5.11 Å². The number of hydrogen-bond acceptors (Lipinski definition) is 1. The lowest BCUT2D eigenvalue weighted by Crippen LogP contribution is -2.27. The van der Waals surface area contributed by atoms with Gasteiger partial charge in [0, 0.05) is 12.2 Å². The van der Waals surface area contributed by atoms with Gasteiger partial charge in [0.25, 0.3) is 0 Å². The summed E-state index contributed by atoms with van der Waals surface area (Å²) in [7, 11) is 0. The molecule has 0 saturated heterocycles. The quantitative estimate of drug-likeness (QED) is 0.828. The summed E-state index contributed by atoms with van der Waals surface area (Å²) in [5, 5.41) is 6.59. The summed E-state index contributed by atoms with van der Waals surface area (Å²) >= 11 is 10.9. The van der Waals surface area contributed by atoms with Crippen LogP contribution in [0.5, 0.6) is 0 Å². The van der Waals surface area contributed by atoms with E-state index in [1.54, 1.807) is 6.07 Å². The molecule has 0 aliphatic rings. The van der Waals surface area contributed by atoms with Crippen LogP contribution in [0.15, 0.2) is 42.5 Å². The van der Waals surface area contributed by atoms with Crippen LogP contribution >= 0.6 is 23.8 Å². The Morgan fingerprint density at radius 3 is 2.75 bits per heavy atom. The van der Waals surface area contributed by atoms with Crippen molar-refractivity contribution >= 4 is 34.6 Å². The fourth-order valence-electron chi connectivity index (χ4n) is 1.75. The Hall–Kier alpha value is -1.65. The van der Waals surface area contributed by atoms with Gasteiger partial charge in [-0.2, -0.15) is 0 Å². The van der Waals surface area contributed by atoms with Crippen molar-refractivity contribution in [2.24, 2.45) is 0 Å². The molecule has 0 saturated carbocycles. The summed E-state index contributed by atoms with van der Waals surface area (Å²) in [4.78, 5) is 0. The van der Waals surface area contributed by atoms with E-state index in [0.29, 0.717) is 17.3 Å². The zero-order valence-electron chi connectivity index (χ0n) is 10.9. The van der Waals surface area contributed by atoms with E-state index in [1.807, 2.05) is 25.1 Å². The van der Waals surface area contributed by atoms with Gasteiger partial charge in [0.2, 0.25) is 0 Å². The molecule has 2 aromatic carbocycles. The summed E-state index contributed by atoms with van der Waals surface area (Å²) in [6, 6.07) is 12.5. The highest BCUT2D eigenvalue weighted by molar-refractivity contribution is 7.80. The van der Waals surface area contributed by atoms with Crippen LogP contribution < -0.4 is 10.6 Å². The number of aryl methyl sites for hydroxylation is 1. The van der Waals surface area contributed by atoms with Gasteiger partial charge < -0.3 is 10.6 Å². The number of halogens is 2. The third-order valence-electron chi connectivity index (χ3n) is 2.71. The Bertz CT molecular complexity index is 631. The summed E-state index contributed by atoms with van der Waals surface area (Å²) in [6.45, 7) is 2.67. The summed E-state index contributed by atoms with van der Waals surface area (Å²) in [6.07, 6.45) is 0. The minimum atomic E-state index is -0.448. The molecule has 0 aliphatic heterocycles. The van der Waals surface area contributed by atoms with E-state index in [2.05, 4.69) is 16.7 Å². The lowest BCUT2D eigenvalue weighted by molar-refractivity contribution is 0.628. The second kappa shape index (κ2) is 6.68. The van der Waals surface area contributed by atoms with Crippen molar-refractivity contribution in [2.45, 2.75) is 13.5 Å². The molecule has 0 aromatic heterocycles. The van der Waals surface area contributed by atoms with Gasteiger partial charge in [0.15, 0.2) is 5.11 Å². The lowest BCUT2D eigenvalue weighted by atomic mass is 10.1. The average molecular weight is 309 g/mol. The molecule has 0 bridgehead atoms. The van der Waals surface area contributed by atoms with Gasteiger partial charge in [-0.25, -0.2) is 4.39 Å². The molecule has 0 unspecified atom stereocenters. The number of rotatable bonds is 3. The first-order chi connectivity index (χ1) is 9.54. The maximum Gasteiger partial charge on any atom is 0.171 e. The Morgan fingerprint density at radius 1 is 1.25 bits per heavy atom. The van der Waals surface area contributed by atoms with Gasteiger partial charge in [0.1, 0.15) is 5.82 Å². The molecular weight excluding hydrogens is 295 g/mol. The van der Waals surface area contributed by atoms with Crippen LogP contribution in [0.4, 0.5) is 10.1 Å². The minimum absolute atomic E-state index is 0.0662. The molecule has 5 heteroatoms. The van der Waals surface area contributed by atoms with Crippen molar-refractivity contribution in [3.8, 4) is 0 Å². The Kier molecular flexibility index (Phi) is 4.93. The molecule has 0 fully saturated rings. The average Bonchev–Trinajstić information content (AvgIpc) is 2.41. The van der Waals surface area contributed by atoms with Crippen molar-refractivity contribution in [1.29, 1.82) is 0 Å². The summed E-state index contributed by atoms with van der Waals surface area (Å²) in [5.41, 5.74) is 3.00. The monoisotopic (exact) mass is 308 g/mol. The minimum Gasteiger partial charge on any atom is -0.358 e. The SMILES string of the molecule is Cc1cccc(CNC(=S)Nc2ccc(F)c(Cl)c2)c1. The Balaban J connectivity index is 1.91. The van der Waals surface area contributed by atoms with E-state index < -0.39 is 5.82 Å². The lowest BCUT2D eigenvalue weighted by Gasteiger charge is -2.11. The van der Waals surface area contributed by atoms with Crippen LogP contribution in [-0.2, 0) is 6.54 Å². The summed E-state index contributed by atoms with van der Waals surface area (Å²) in [5.74, 6) is -0.448. The Labute approximate surface area is 128 Å². The first kappa shape index (κ1) is 14.8. The highest BCUT2D eigenvalue weighted by Crippen LogP contribution is 2.19. The predicted molar refractivity (Wildman–Crippen MR) is 85.6 cm³/mol. The fourth-order valence-corrected chi connectivity index (χ4v) is 2.12. The molecule has 0 heterocycles. The maximum absolute atomic E-state index is 13.0. The zero-order valence-corrected chi connectivity index (χ0v) is 12.5. The summed E-state index contributed by atoms with van der Waals surface area (Å²) < 4.78 is 13.0.